The van der Waals surface area contributed by atoms with E-state index in [4.69, 9.17) is 14.2 Å². The van der Waals surface area contributed by atoms with Gasteiger partial charge < -0.3 is 14.2 Å². The molecule has 1 fully saturated rings. The maximum atomic E-state index is 11.3. The lowest BCUT2D eigenvalue weighted by Gasteiger charge is -2.41. The number of benzene rings is 2. The lowest BCUT2D eigenvalue weighted by atomic mass is 9.75. The van der Waals surface area contributed by atoms with Crippen molar-refractivity contribution in [2.24, 2.45) is 0 Å². The summed E-state index contributed by atoms with van der Waals surface area (Å²) in [5.41, 5.74) is 3.08. The van der Waals surface area contributed by atoms with Crippen molar-refractivity contribution in [3.63, 3.8) is 0 Å². The Morgan fingerprint density at radius 2 is 1.93 bits per heavy atom. The fourth-order valence-electron chi connectivity index (χ4n) is 4.82. The van der Waals surface area contributed by atoms with Gasteiger partial charge in [-0.25, -0.2) is 0 Å². The molecule has 2 heterocycles. The highest BCUT2D eigenvalue weighted by molar-refractivity contribution is 5.58. The third kappa shape index (κ3) is 2.75. The van der Waals surface area contributed by atoms with Gasteiger partial charge >= 0.3 is 0 Å². The van der Waals surface area contributed by atoms with Crippen molar-refractivity contribution >= 4 is 5.69 Å². The minimum absolute atomic E-state index is 0.0790. The van der Waals surface area contributed by atoms with E-state index < -0.39 is 5.79 Å². The predicted molar refractivity (Wildman–Crippen MR) is 103 cm³/mol. The van der Waals surface area contributed by atoms with Crippen LogP contribution in [0.5, 0.6) is 11.5 Å². The summed E-state index contributed by atoms with van der Waals surface area (Å²) in [7, 11) is 0. The highest BCUT2D eigenvalue weighted by Gasteiger charge is 2.44. The fraction of sp³-hybridized carbons (Fsp3) is 0.455. The molecule has 3 atom stereocenters. The fourth-order valence-corrected chi connectivity index (χ4v) is 4.82. The summed E-state index contributed by atoms with van der Waals surface area (Å²) in [6.45, 7) is 3.82. The summed E-state index contributed by atoms with van der Waals surface area (Å²) in [4.78, 5) is 10.9. The van der Waals surface area contributed by atoms with Gasteiger partial charge in [-0.15, -0.1) is 0 Å². The summed E-state index contributed by atoms with van der Waals surface area (Å²) in [5, 5.41) is 11.3. The lowest BCUT2D eigenvalue weighted by molar-refractivity contribution is -0.385. The molecule has 6 heteroatoms. The zero-order valence-electron chi connectivity index (χ0n) is 16.0. The van der Waals surface area contributed by atoms with Crippen LogP contribution in [0.1, 0.15) is 68.2 Å². The molecular formula is C22H23NO5. The molecule has 0 spiro atoms. The predicted octanol–water partition coefficient (Wildman–Crippen LogP) is 5.25. The molecule has 1 saturated carbocycles. The summed E-state index contributed by atoms with van der Waals surface area (Å²) in [6, 6.07) is 10.7. The number of hydrogen-bond acceptors (Lipinski definition) is 5. The van der Waals surface area contributed by atoms with Crippen molar-refractivity contribution < 1.29 is 19.1 Å². The highest BCUT2D eigenvalue weighted by atomic mass is 16.7. The molecule has 28 heavy (non-hydrogen) atoms. The highest BCUT2D eigenvalue weighted by Crippen LogP contribution is 2.55. The van der Waals surface area contributed by atoms with Gasteiger partial charge in [0.25, 0.3) is 5.69 Å². The molecular weight excluding hydrogens is 358 g/mol. The molecule has 1 aliphatic carbocycles. The van der Waals surface area contributed by atoms with E-state index >= 15 is 0 Å². The molecule has 0 bridgehead atoms. The third-order valence-corrected chi connectivity index (χ3v) is 5.95. The van der Waals surface area contributed by atoms with Crippen LogP contribution in [0, 0.1) is 10.1 Å². The van der Waals surface area contributed by atoms with Gasteiger partial charge in [0, 0.05) is 37.5 Å². The van der Waals surface area contributed by atoms with Crippen LogP contribution in [0.25, 0.3) is 0 Å². The Hall–Kier alpha value is -2.60. The van der Waals surface area contributed by atoms with Crippen LogP contribution in [0.15, 0.2) is 36.4 Å². The minimum atomic E-state index is -0.693. The van der Waals surface area contributed by atoms with Crippen LogP contribution >= 0.6 is 0 Å². The Morgan fingerprint density at radius 3 is 2.75 bits per heavy atom. The first-order chi connectivity index (χ1) is 13.4. The quantitative estimate of drug-likeness (QED) is 0.525. The second-order valence-electron chi connectivity index (χ2n) is 8.30. The van der Waals surface area contributed by atoms with E-state index in [1.54, 1.807) is 12.1 Å². The average Bonchev–Trinajstić information content (AvgIpc) is 3.01. The molecule has 146 valence electrons. The number of nitro benzene ring substituents is 1. The molecule has 2 aliphatic heterocycles. The number of non-ortho nitro benzene ring substituents is 1. The lowest BCUT2D eigenvalue weighted by Crippen LogP contribution is -2.34. The Balaban J connectivity index is 1.66. The van der Waals surface area contributed by atoms with Gasteiger partial charge in [0.1, 0.15) is 6.10 Å². The molecule has 2 aromatic carbocycles. The SMILES string of the molecule is CC1(C)Oc2ccc3c(c2O1)[C@@H]1CCCC[C@@H]1O[C@H]3c1cccc([N+](=O)[O-])c1. The molecule has 6 nitrogen and oxygen atoms in total. The largest absolute Gasteiger partial charge is 0.449 e. The van der Waals surface area contributed by atoms with E-state index in [0.29, 0.717) is 0 Å². The number of nitrogens with zero attached hydrogens (tertiary/aromatic N) is 1. The van der Waals surface area contributed by atoms with E-state index in [1.165, 1.54) is 12.5 Å². The van der Waals surface area contributed by atoms with E-state index in [-0.39, 0.29) is 28.7 Å². The van der Waals surface area contributed by atoms with Crippen LogP contribution in [0.2, 0.25) is 0 Å². The van der Waals surface area contributed by atoms with Gasteiger partial charge in [0.15, 0.2) is 11.5 Å². The van der Waals surface area contributed by atoms with Crippen molar-refractivity contribution in [1.29, 1.82) is 0 Å². The number of hydrogen-bond donors (Lipinski definition) is 0. The van der Waals surface area contributed by atoms with Crippen LogP contribution in [-0.4, -0.2) is 16.8 Å². The molecule has 2 aromatic rings. The van der Waals surface area contributed by atoms with Gasteiger partial charge in [-0.1, -0.05) is 31.0 Å². The van der Waals surface area contributed by atoms with E-state index in [2.05, 4.69) is 0 Å². The van der Waals surface area contributed by atoms with Crippen molar-refractivity contribution in [1.82, 2.24) is 0 Å². The summed E-state index contributed by atoms with van der Waals surface area (Å²) >= 11 is 0. The first kappa shape index (κ1) is 17.5. The van der Waals surface area contributed by atoms with Crippen LogP contribution in [0.4, 0.5) is 5.69 Å². The maximum Gasteiger partial charge on any atom is 0.269 e. The van der Waals surface area contributed by atoms with Gasteiger partial charge in [0.2, 0.25) is 5.79 Å². The summed E-state index contributed by atoms with van der Waals surface area (Å²) in [5.74, 6) is 1.16. The minimum Gasteiger partial charge on any atom is -0.449 e. The average molecular weight is 381 g/mol. The van der Waals surface area contributed by atoms with E-state index in [1.807, 2.05) is 32.0 Å². The number of ether oxygens (including phenoxy) is 3. The zero-order chi connectivity index (χ0) is 19.5. The molecule has 0 radical (unpaired) electrons. The standard InChI is InChI=1S/C22H23NO5/c1-22(2)27-18-11-10-16-19(21(18)28-22)15-8-3-4-9-17(15)26-20(16)13-6-5-7-14(12-13)23(24)25/h5-7,10-12,15,17,20H,3-4,8-9H2,1-2H3/t15-,17+,20+/m1/s1. The number of fused-ring (bicyclic) bond motifs is 5. The van der Waals surface area contributed by atoms with Crippen molar-refractivity contribution in [3.8, 4) is 11.5 Å². The molecule has 3 aliphatic rings. The smallest absolute Gasteiger partial charge is 0.269 e. The van der Waals surface area contributed by atoms with E-state index in [9.17, 15) is 10.1 Å². The van der Waals surface area contributed by atoms with Crippen molar-refractivity contribution in [2.75, 3.05) is 0 Å². The molecule has 0 unspecified atom stereocenters. The number of nitro groups is 1. The Kier molecular flexibility index (Phi) is 3.88. The Bertz CT molecular complexity index is 954. The maximum absolute atomic E-state index is 11.3. The molecule has 0 amide bonds. The topological polar surface area (TPSA) is 70.8 Å². The normalized spacial score (nSPS) is 27.0. The molecule has 0 aromatic heterocycles. The second kappa shape index (κ2) is 6.21. The summed E-state index contributed by atoms with van der Waals surface area (Å²) in [6.07, 6.45) is 4.09. The van der Waals surface area contributed by atoms with E-state index in [0.717, 1.165) is 47.5 Å². The van der Waals surface area contributed by atoms with Gasteiger partial charge in [-0.3, -0.25) is 10.1 Å². The van der Waals surface area contributed by atoms with Crippen LogP contribution in [0.3, 0.4) is 0 Å². The molecule has 5 rings (SSSR count). The first-order valence-electron chi connectivity index (χ1n) is 9.87. The number of rotatable bonds is 2. The monoisotopic (exact) mass is 381 g/mol. The second-order valence-corrected chi connectivity index (χ2v) is 8.30. The van der Waals surface area contributed by atoms with Gasteiger partial charge in [-0.05, 0) is 30.0 Å². The van der Waals surface area contributed by atoms with Crippen molar-refractivity contribution in [3.05, 3.63) is 63.2 Å². The van der Waals surface area contributed by atoms with Crippen LogP contribution < -0.4 is 9.47 Å². The summed E-state index contributed by atoms with van der Waals surface area (Å²) < 4.78 is 18.7. The van der Waals surface area contributed by atoms with Gasteiger partial charge in [-0.2, -0.15) is 0 Å². The van der Waals surface area contributed by atoms with Gasteiger partial charge in [0.05, 0.1) is 11.0 Å². The third-order valence-electron chi connectivity index (χ3n) is 5.95. The molecule has 0 N–H and O–H groups in total. The first-order valence-corrected chi connectivity index (χ1v) is 9.87. The Morgan fingerprint density at radius 1 is 1.11 bits per heavy atom. The van der Waals surface area contributed by atoms with Crippen LogP contribution in [-0.2, 0) is 4.74 Å². The van der Waals surface area contributed by atoms with Crippen molar-refractivity contribution in [2.45, 2.75) is 63.4 Å². The molecule has 0 saturated heterocycles. The Labute approximate surface area is 163 Å². The zero-order valence-corrected chi connectivity index (χ0v) is 16.0.